The van der Waals surface area contributed by atoms with Crippen molar-refractivity contribution in [3.05, 3.63) is 23.1 Å². The van der Waals surface area contributed by atoms with Crippen LogP contribution in [0.1, 0.15) is 13.3 Å². The van der Waals surface area contributed by atoms with Gasteiger partial charge < -0.3 is 5.11 Å². The topological polar surface area (TPSA) is 57.6 Å². The standard InChI is InChI=1S/C10H11NO3S2/c1-2-3-4-7-9(14)11(10(15)16-7)6-5-8(12)13/h2-4H,5-6H2,1H3,(H,12,13)/b3-2?,7-4+. The molecule has 1 rings (SSSR count). The molecule has 86 valence electrons. The van der Waals surface area contributed by atoms with E-state index in [2.05, 4.69) is 0 Å². The molecule has 1 heterocycles. The number of aliphatic carboxylic acids is 1. The summed E-state index contributed by atoms with van der Waals surface area (Å²) in [5.41, 5.74) is 0. The van der Waals surface area contributed by atoms with Crippen LogP contribution in [0.15, 0.2) is 23.1 Å². The summed E-state index contributed by atoms with van der Waals surface area (Å²) in [5, 5.41) is 8.54. The molecule has 0 aliphatic carbocycles. The van der Waals surface area contributed by atoms with Crippen LogP contribution >= 0.6 is 24.0 Å². The Labute approximate surface area is 103 Å². The molecule has 16 heavy (non-hydrogen) atoms. The SMILES string of the molecule is CC=C/C=C1/SC(=S)N(CCC(=O)O)C1=O. The first kappa shape index (κ1) is 12.9. The van der Waals surface area contributed by atoms with E-state index >= 15 is 0 Å². The zero-order valence-electron chi connectivity index (χ0n) is 8.67. The minimum atomic E-state index is -0.938. The number of carbonyl (C=O) groups excluding carboxylic acids is 1. The highest BCUT2D eigenvalue weighted by Crippen LogP contribution is 2.30. The molecule has 0 spiro atoms. The van der Waals surface area contributed by atoms with Crippen LogP contribution in [0.5, 0.6) is 0 Å². The summed E-state index contributed by atoms with van der Waals surface area (Å²) in [6.07, 6.45) is 5.15. The van der Waals surface area contributed by atoms with E-state index in [9.17, 15) is 9.59 Å². The third-order valence-corrected chi connectivity index (χ3v) is 3.26. The zero-order valence-corrected chi connectivity index (χ0v) is 10.3. The number of rotatable bonds is 4. The van der Waals surface area contributed by atoms with E-state index in [1.165, 1.54) is 16.7 Å². The Hall–Kier alpha value is -1.14. The summed E-state index contributed by atoms with van der Waals surface area (Å²) >= 11 is 6.21. The van der Waals surface area contributed by atoms with E-state index in [0.717, 1.165) is 0 Å². The van der Waals surface area contributed by atoms with Crippen molar-refractivity contribution in [2.75, 3.05) is 6.54 Å². The Morgan fingerprint density at radius 2 is 2.31 bits per heavy atom. The maximum atomic E-state index is 11.8. The highest BCUT2D eigenvalue weighted by Gasteiger charge is 2.31. The van der Waals surface area contributed by atoms with E-state index in [1.54, 1.807) is 12.2 Å². The van der Waals surface area contributed by atoms with Crippen LogP contribution in [0.2, 0.25) is 0 Å². The summed E-state index contributed by atoms with van der Waals surface area (Å²) in [6.45, 7) is 1.98. The first-order chi connectivity index (χ1) is 7.56. The number of carboxylic acid groups (broad SMARTS) is 1. The second-order valence-electron chi connectivity index (χ2n) is 3.03. The van der Waals surface area contributed by atoms with Crippen LogP contribution in [0.3, 0.4) is 0 Å². The van der Waals surface area contributed by atoms with Gasteiger partial charge in [0, 0.05) is 6.54 Å². The van der Waals surface area contributed by atoms with Gasteiger partial charge in [0.15, 0.2) is 0 Å². The van der Waals surface area contributed by atoms with E-state index in [1.807, 2.05) is 13.0 Å². The maximum absolute atomic E-state index is 11.8. The Morgan fingerprint density at radius 3 is 2.88 bits per heavy atom. The monoisotopic (exact) mass is 257 g/mol. The first-order valence-electron chi connectivity index (χ1n) is 4.64. The normalized spacial score (nSPS) is 19.1. The molecule has 0 radical (unpaired) electrons. The Bertz CT molecular complexity index is 388. The Morgan fingerprint density at radius 1 is 1.62 bits per heavy atom. The fourth-order valence-corrected chi connectivity index (χ4v) is 2.36. The molecule has 0 saturated carbocycles. The molecule has 1 N–H and O–H groups in total. The largest absolute Gasteiger partial charge is 0.481 e. The van der Waals surface area contributed by atoms with Crippen LogP contribution in [0.4, 0.5) is 0 Å². The number of allylic oxidation sites excluding steroid dienone is 3. The number of carboxylic acids is 1. The zero-order chi connectivity index (χ0) is 12.1. The lowest BCUT2D eigenvalue weighted by molar-refractivity contribution is -0.137. The van der Waals surface area contributed by atoms with Crippen molar-refractivity contribution in [3.8, 4) is 0 Å². The molecule has 1 saturated heterocycles. The average molecular weight is 257 g/mol. The molecule has 1 fully saturated rings. The van der Waals surface area contributed by atoms with Crippen LogP contribution in [0.25, 0.3) is 0 Å². The van der Waals surface area contributed by atoms with Gasteiger partial charge in [0.2, 0.25) is 0 Å². The fraction of sp³-hybridized carbons (Fsp3) is 0.300. The molecular weight excluding hydrogens is 246 g/mol. The molecule has 1 aliphatic heterocycles. The number of carbonyl (C=O) groups is 2. The predicted octanol–water partition coefficient (Wildman–Crippen LogP) is 1.78. The van der Waals surface area contributed by atoms with Crippen LogP contribution in [-0.2, 0) is 9.59 Å². The third kappa shape index (κ3) is 3.18. The summed E-state index contributed by atoms with van der Waals surface area (Å²) in [6, 6.07) is 0. The predicted molar refractivity (Wildman–Crippen MR) is 67.1 cm³/mol. The lowest BCUT2D eigenvalue weighted by Gasteiger charge is -2.12. The van der Waals surface area contributed by atoms with Crippen molar-refractivity contribution < 1.29 is 14.7 Å². The molecule has 0 unspecified atom stereocenters. The molecular formula is C10H11NO3S2. The van der Waals surface area contributed by atoms with Crippen molar-refractivity contribution in [1.29, 1.82) is 0 Å². The molecule has 1 aliphatic rings. The summed E-state index contributed by atoms with van der Waals surface area (Å²) < 4.78 is 0.419. The molecule has 0 atom stereocenters. The van der Waals surface area contributed by atoms with Crippen LogP contribution in [-0.4, -0.2) is 32.7 Å². The summed E-state index contributed by atoms with van der Waals surface area (Å²) in [4.78, 5) is 24.0. The quantitative estimate of drug-likeness (QED) is 0.614. The number of thioether (sulfide) groups is 1. The summed E-state index contributed by atoms with van der Waals surface area (Å²) in [5.74, 6) is -1.15. The van der Waals surface area contributed by atoms with Crippen molar-refractivity contribution in [2.45, 2.75) is 13.3 Å². The Balaban J connectivity index is 2.71. The maximum Gasteiger partial charge on any atom is 0.305 e. The lowest BCUT2D eigenvalue weighted by Crippen LogP contribution is -2.30. The van der Waals surface area contributed by atoms with Gasteiger partial charge in [-0.3, -0.25) is 14.5 Å². The van der Waals surface area contributed by atoms with Gasteiger partial charge in [-0.2, -0.15) is 0 Å². The third-order valence-electron chi connectivity index (χ3n) is 1.86. The minimum absolute atomic E-state index is 0.0939. The smallest absolute Gasteiger partial charge is 0.305 e. The van der Waals surface area contributed by atoms with Gasteiger partial charge in [-0.1, -0.05) is 36.1 Å². The molecule has 0 aromatic rings. The second kappa shape index (κ2) is 5.81. The number of thiocarbonyl (C=S) groups is 1. The van der Waals surface area contributed by atoms with Gasteiger partial charge in [-0.25, -0.2) is 0 Å². The van der Waals surface area contributed by atoms with Gasteiger partial charge in [0.1, 0.15) is 4.32 Å². The summed E-state index contributed by atoms with van der Waals surface area (Å²) in [7, 11) is 0. The van der Waals surface area contributed by atoms with E-state index in [4.69, 9.17) is 17.3 Å². The fourth-order valence-electron chi connectivity index (χ4n) is 1.10. The van der Waals surface area contributed by atoms with E-state index in [0.29, 0.717) is 9.23 Å². The average Bonchev–Trinajstić information content (AvgIpc) is 2.48. The van der Waals surface area contributed by atoms with Crippen molar-refractivity contribution in [1.82, 2.24) is 4.90 Å². The number of hydrogen-bond donors (Lipinski definition) is 1. The van der Waals surface area contributed by atoms with Gasteiger partial charge in [-0.15, -0.1) is 0 Å². The van der Waals surface area contributed by atoms with Gasteiger partial charge in [-0.05, 0) is 13.0 Å². The van der Waals surface area contributed by atoms with E-state index < -0.39 is 5.97 Å². The van der Waals surface area contributed by atoms with Crippen LogP contribution < -0.4 is 0 Å². The van der Waals surface area contributed by atoms with Crippen molar-refractivity contribution in [2.24, 2.45) is 0 Å². The number of nitrogens with zero attached hydrogens (tertiary/aromatic N) is 1. The highest BCUT2D eigenvalue weighted by molar-refractivity contribution is 8.26. The highest BCUT2D eigenvalue weighted by atomic mass is 32.2. The van der Waals surface area contributed by atoms with Crippen molar-refractivity contribution >= 4 is 40.2 Å². The first-order valence-corrected chi connectivity index (χ1v) is 5.87. The number of amides is 1. The molecule has 0 aromatic carbocycles. The van der Waals surface area contributed by atoms with Crippen LogP contribution in [0, 0.1) is 0 Å². The molecule has 0 aromatic heterocycles. The van der Waals surface area contributed by atoms with Gasteiger partial charge in [0.25, 0.3) is 5.91 Å². The van der Waals surface area contributed by atoms with E-state index in [-0.39, 0.29) is 18.9 Å². The molecule has 0 bridgehead atoms. The lowest BCUT2D eigenvalue weighted by atomic mass is 10.3. The molecule has 4 nitrogen and oxygen atoms in total. The molecule has 1 amide bonds. The van der Waals surface area contributed by atoms with Crippen molar-refractivity contribution in [3.63, 3.8) is 0 Å². The van der Waals surface area contributed by atoms with Gasteiger partial charge >= 0.3 is 5.97 Å². The second-order valence-corrected chi connectivity index (χ2v) is 4.70. The Kier molecular flexibility index (Phi) is 4.70. The minimum Gasteiger partial charge on any atom is -0.481 e. The molecule has 6 heteroatoms. The number of hydrogen-bond acceptors (Lipinski definition) is 4. The van der Waals surface area contributed by atoms with Gasteiger partial charge in [0.05, 0.1) is 11.3 Å².